The van der Waals surface area contributed by atoms with Gasteiger partial charge in [-0.2, -0.15) is 0 Å². The van der Waals surface area contributed by atoms with Gasteiger partial charge in [-0.05, 0) is 37.8 Å². The summed E-state index contributed by atoms with van der Waals surface area (Å²) in [6.07, 6.45) is 4.72. The van der Waals surface area contributed by atoms with Crippen molar-refractivity contribution in [1.29, 1.82) is 0 Å². The van der Waals surface area contributed by atoms with E-state index in [0.29, 0.717) is 23.6 Å². The van der Waals surface area contributed by atoms with E-state index in [4.69, 9.17) is 10.5 Å². The molecule has 0 radical (unpaired) electrons. The number of nitrogens with two attached hydrogens (primary N) is 1. The van der Waals surface area contributed by atoms with Gasteiger partial charge in [-0.15, -0.1) is 0 Å². The standard InChI is InChI=1S/C17H26N2O2/c1-3-5-13-6-8-19(9-7-13)17(20)14-10-15(18)12-16(11-14)21-4-2/h10-13H,3-9,18H2,1-2H3. The van der Waals surface area contributed by atoms with Gasteiger partial charge in [-0.25, -0.2) is 0 Å². The van der Waals surface area contributed by atoms with Crippen LogP contribution in [0.15, 0.2) is 18.2 Å². The van der Waals surface area contributed by atoms with Crippen molar-refractivity contribution in [2.75, 3.05) is 25.4 Å². The number of piperidine rings is 1. The van der Waals surface area contributed by atoms with Crippen molar-refractivity contribution in [2.24, 2.45) is 5.92 Å². The van der Waals surface area contributed by atoms with Crippen LogP contribution in [-0.2, 0) is 0 Å². The molecule has 0 aromatic heterocycles. The average molecular weight is 290 g/mol. The predicted molar refractivity (Wildman–Crippen MR) is 85.6 cm³/mol. The van der Waals surface area contributed by atoms with E-state index in [-0.39, 0.29) is 5.91 Å². The molecule has 1 saturated heterocycles. The Balaban J connectivity index is 2.03. The maximum Gasteiger partial charge on any atom is 0.254 e. The molecule has 1 aromatic rings. The Morgan fingerprint density at radius 1 is 1.29 bits per heavy atom. The minimum Gasteiger partial charge on any atom is -0.494 e. The molecule has 1 aliphatic heterocycles. The highest BCUT2D eigenvalue weighted by molar-refractivity contribution is 5.95. The molecule has 116 valence electrons. The topological polar surface area (TPSA) is 55.6 Å². The van der Waals surface area contributed by atoms with Gasteiger partial charge >= 0.3 is 0 Å². The molecule has 21 heavy (non-hydrogen) atoms. The number of hydrogen-bond acceptors (Lipinski definition) is 3. The lowest BCUT2D eigenvalue weighted by atomic mass is 9.92. The summed E-state index contributed by atoms with van der Waals surface area (Å²) < 4.78 is 5.46. The summed E-state index contributed by atoms with van der Waals surface area (Å²) >= 11 is 0. The van der Waals surface area contributed by atoms with Crippen molar-refractivity contribution in [3.05, 3.63) is 23.8 Å². The lowest BCUT2D eigenvalue weighted by molar-refractivity contribution is 0.0686. The van der Waals surface area contributed by atoms with Crippen molar-refractivity contribution in [2.45, 2.75) is 39.5 Å². The third-order valence-electron chi connectivity index (χ3n) is 4.09. The fraction of sp³-hybridized carbons (Fsp3) is 0.588. The summed E-state index contributed by atoms with van der Waals surface area (Å²) in [5, 5.41) is 0. The summed E-state index contributed by atoms with van der Waals surface area (Å²) in [6.45, 7) is 6.41. The molecule has 4 heteroatoms. The van der Waals surface area contributed by atoms with Gasteiger partial charge < -0.3 is 15.4 Å². The molecule has 2 rings (SSSR count). The Morgan fingerprint density at radius 3 is 2.62 bits per heavy atom. The SMILES string of the molecule is CCCC1CCN(C(=O)c2cc(N)cc(OCC)c2)CC1. The maximum absolute atomic E-state index is 12.6. The van der Waals surface area contributed by atoms with Gasteiger partial charge in [0.25, 0.3) is 5.91 Å². The van der Waals surface area contributed by atoms with Crippen LogP contribution >= 0.6 is 0 Å². The van der Waals surface area contributed by atoms with E-state index in [2.05, 4.69) is 6.92 Å². The predicted octanol–water partition coefficient (Wildman–Crippen LogP) is 3.32. The smallest absolute Gasteiger partial charge is 0.254 e. The molecule has 0 saturated carbocycles. The quantitative estimate of drug-likeness (QED) is 0.846. The number of benzene rings is 1. The molecule has 4 nitrogen and oxygen atoms in total. The maximum atomic E-state index is 12.6. The number of carbonyl (C=O) groups excluding carboxylic acids is 1. The van der Waals surface area contributed by atoms with Crippen LogP contribution in [0.25, 0.3) is 0 Å². The van der Waals surface area contributed by atoms with Crippen molar-refractivity contribution >= 4 is 11.6 Å². The molecule has 2 N–H and O–H groups in total. The number of ether oxygens (including phenoxy) is 1. The van der Waals surface area contributed by atoms with Gasteiger partial charge in [-0.3, -0.25) is 4.79 Å². The van der Waals surface area contributed by atoms with Crippen LogP contribution in [-0.4, -0.2) is 30.5 Å². The van der Waals surface area contributed by atoms with Crippen LogP contribution in [0.2, 0.25) is 0 Å². The highest BCUT2D eigenvalue weighted by Gasteiger charge is 2.23. The van der Waals surface area contributed by atoms with E-state index in [0.717, 1.165) is 31.8 Å². The molecule has 0 unspecified atom stereocenters. The van der Waals surface area contributed by atoms with Crippen LogP contribution in [0.5, 0.6) is 5.75 Å². The second kappa shape index (κ2) is 7.34. The zero-order valence-corrected chi connectivity index (χ0v) is 13.1. The largest absolute Gasteiger partial charge is 0.494 e. The molecule has 0 spiro atoms. The Kier molecular flexibility index (Phi) is 5.48. The first-order chi connectivity index (χ1) is 10.1. The molecular weight excluding hydrogens is 264 g/mol. The molecule has 0 aliphatic carbocycles. The van der Waals surface area contributed by atoms with Crippen molar-refractivity contribution in [3.63, 3.8) is 0 Å². The van der Waals surface area contributed by atoms with Crippen LogP contribution in [0.3, 0.4) is 0 Å². The Morgan fingerprint density at radius 2 is 2.00 bits per heavy atom. The zero-order valence-electron chi connectivity index (χ0n) is 13.1. The number of hydrogen-bond donors (Lipinski definition) is 1. The average Bonchev–Trinajstić information content (AvgIpc) is 2.47. The normalized spacial score (nSPS) is 16.0. The molecule has 1 aromatic carbocycles. The molecular formula is C17H26N2O2. The van der Waals surface area contributed by atoms with Gasteiger partial charge in [0.2, 0.25) is 0 Å². The van der Waals surface area contributed by atoms with Gasteiger partial charge in [0.1, 0.15) is 5.75 Å². The lowest BCUT2D eigenvalue weighted by Gasteiger charge is -2.32. The molecule has 1 fully saturated rings. The molecule has 0 atom stereocenters. The van der Waals surface area contributed by atoms with Crippen molar-refractivity contribution in [1.82, 2.24) is 4.90 Å². The number of rotatable bonds is 5. The number of amides is 1. The second-order valence-corrected chi connectivity index (χ2v) is 5.75. The van der Waals surface area contributed by atoms with Gasteiger partial charge in [0.15, 0.2) is 0 Å². The first-order valence-corrected chi connectivity index (χ1v) is 7.96. The number of likely N-dealkylation sites (tertiary alicyclic amines) is 1. The van der Waals surface area contributed by atoms with Crippen LogP contribution in [0.4, 0.5) is 5.69 Å². The molecule has 1 heterocycles. The fourth-order valence-electron chi connectivity index (χ4n) is 3.01. The number of carbonyl (C=O) groups is 1. The second-order valence-electron chi connectivity index (χ2n) is 5.75. The Bertz CT molecular complexity index is 480. The first kappa shape index (κ1) is 15.7. The minimum atomic E-state index is 0.0678. The van der Waals surface area contributed by atoms with Crippen LogP contribution < -0.4 is 10.5 Å². The lowest BCUT2D eigenvalue weighted by Crippen LogP contribution is -2.38. The Labute approximate surface area is 127 Å². The summed E-state index contributed by atoms with van der Waals surface area (Å²) in [7, 11) is 0. The highest BCUT2D eigenvalue weighted by atomic mass is 16.5. The van der Waals surface area contributed by atoms with E-state index in [1.165, 1.54) is 12.8 Å². The first-order valence-electron chi connectivity index (χ1n) is 7.96. The van der Waals surface area contributed by atoms with E-state index < -0.39 is 0 Å². The van der Waals surface area contributed by atoms with Gasteiger partial charge in [-0.1, -0.05) is 19.8 Å². The van der Waals surface area contributed by atoms with E-state index in [9.17, 15) is 4.79 Å². The minimum absolute atomic E-state index is 0.0678. The summed E-state index contributed by atoms with van der Waals surface area (Å²) in [4.78, 5) is 14.5. The molecule has 1 aliphatic rings. The zero-order chi connectivity index (χ0) is 15.2. The van der Waals surface area contributed by atoms with E-state index in [1.54, 1.807) is 18.2 Å². The van der Waals surface area contributed by atoms with Crippen LogP contribution in [0, 0.1) is 5.92 Å². The summed E-state index contributed by atoms with van der Waals surface area (Å²) in [5.41, 5.74) is 7.07. The van der Waals surface area contributed by atoms with Crippen molar-refractivity contribution in [3.8, 4) is 5.75 Å². The monoisotopic (exact) mass is 290 g/mol. The third-order valence-corrected chi connectivity index (χ3v) is 4.09. The van der Waals surface area contributed by atoms with Crippen LogP contribution in [0.1, 0.15) is 49.9 Å². The molecule has 1 amide bonds. The molecule has 0 bridgehead atoms. The number of anilines is 1. The highest BCUT2D eigenvalue weighted by Crippen LogP contribution is 2.25. The van der Waals surface area contributed by atoms with E-state index in [1.807, 2.05) is 11.8 Å². The van der Waals surface area contributed by atoms with Crippen molar-refractivity contribution < 1.29 is 9.53 Å². The van der Waals surface area contributed by atoms with Gasteiger partial charge in [0.05, 0.1) is 6.61 Å². The summed E-state index contributed by atoms with van der Waals surface area (Å²) in [6, 6.07) is 5.29. The van der Waals surface area contributed by atoms with Gasteiger partial charge in [0, 0.05) is 30.4 Å². The number of nitrogens with zero attached hydrogens (tertiary/aromatic N) is 1. The Hall–Kier alpha value is -1.71. The summed E-state index contributed by atoms with van der Waals surface area (Å²) in [5.74, 6) is 1.51. The number of nitrogen functional groups attached to an aromatic ring is 1. The van der Waals surface area contributed by atoms with E-state index >= 15 is 0 Å². The third kappa shape index (κ3) is 4.13. The fourth-order valence-corrected chi connectivity index (χ4v) is 3.01.